The second kappa shape index (κ2) is 6.21. The molecule has 1 aromatic rings. The summed E-state index contributed by atoms with van der Waals surface area (Å²) in [6.07, 6.45) is 3.74. The second-order valence-corrected chi connectivity index (χ2v) is 4.84. The lowest BCUT2D eigenvalue weighted by Gasteiger charge is -2.31. The number of primary amides is 1. The van der Waals surface area contributed by atoms with Crippen molar-refractivity contribution in [3.8, 4) is 0 Å². The van der Waals surface area contributed by atoms with E-state index in [1.165, 1.54) is 0 Å². The molecule has 1 aliphatic heterocycles. The van der Waals surface area contributed by atoms with Gasteiger partial charge in [0.25, 0.3) is 0 Å². The molecule has 4 N–H and O–H groups in total. The highest BCUT2D eigenvalue weighted by Crippen LogP contribution is 2.20. The Labute approximate surface area is 111 Å². The number of carbonyl (C=O) groups is 2. The van der Waals surface area contributed by atoms with E-state index in [4.69, 9.17) is 5.73 Å². The molecular formula is C12H19N5O2. The summed E-state index contributed by atoms with van der Waals surface area (Å²) in [6, 6.07) is 1.74. The number of nitrogens with zero attached hydrogens (tertiary/aromatic N) is 2. The number of nitrogens with two attached hydrogens (primary N) is 1. The Morgan fingerprint density at radius 2 is 2.21 bits per heavy atom. The number of likely N-dealkylation sites (tertiary alicyclic amines) is 1. The summed E-state index contributed by atoms with van der Waals surface area (Å²) in [5.41, 5.74) is 6.05. The van der Waals surface area contributed by atoms with Crippen LogP contribution in [-0.2, 0) is 11.3 Å². The van der Waals surface area contributed by atoms with Crippen molar-refractivity contribution in [2.24, 2.45) is 11.7 Å². The van der Waals surface area contributed by atoms with Crippen LogP contribution in [0.1, 0.15) is 25.0 Å². The van der Waals surface area contributed by atoms with E-state index in [-0.39, 0.29) is 11.9 Å². The monoisotopic (exact) mass is 265 g/mol. The van der Waals surface area contributed by atoms with E-state index >= 15 is 0 Å². The summed E-state index contributed by atoms with van der Waals surface area (Å²) in [6.45, 7) is 1.79. The van der Waals surface area contributed by atoms with Crippen molar-refractivity contribution in [3.05, 3.63) is 18.0 Å². The second-order valence-electron chi connectivity index (χ2n) is 4.84. The average Bonchev–Trinajstić information content (AvgIpc) is 2.89. The highest BCUT2D eigenvalue weighted by molar-refractivity contribution is 5.75. The summed E-state index contributed by atoms with van der Waals surface area (Å²) in [5.74, 6) is 0.0521. The molecule has 104 valence electrons. The molecule has 0 saturated carbocycles. The third kappa shape index (κ3) is 3.97. The third-order valence-corrected chi connectivity index (χ3v) is 3.38. The zero-order valence-electron chi connectivity index (χ0n) is 10.8. The number of hydrogen-bond donors (Lipinski definition) is 3. The predicted octanol–water partition coefficient (Wildman–Crippen LogP) is 0.207. The van der Waals surface area contributed by atoms with Gasteiger partial charge in [0.1, 0.15) is 0 Å². The van der Waals surface area contributed by atoms with Crippen molar-refractivity contribution in [2.75, 3.05) is 13.1 Å². The molecule has 1 aliphatic rings. The first-order valence-corrected chi connectivity index (χ1v) is 6.44. The van der Waals surface area contributed by atoms with Gasteiger partial charge in [-0.15, -0.1) is 0 Å². The molecule has 3 amide bonds. The fourth-order valence-electron chi connectivity index (χ4n) is 2.29. The lowest BCUT2D eigenvalue weighted by atomic mass is 9.93. The molecule has 2 heterocycles. The first-order chi connectivity index (χ1) is 9.15. The predicted molar refractivity (Wildman–Crippen MR) is 68.9 cm³/mol. The van der Waals surface area contributed by atoms with Crippen molar-refractivity contribution in [1.82, 2.24) is 20.4 Å². The number of nitrogens with one attached hydrogen (secondary N) is 2. The van der Waals surface area contributed by atoms with Crippen LogP contribution in [0.4, 0.5) is 4.79 Å². The summed E-state index contributed by atoms with van der Waals surface area (Å²) in [7, 11) is 0. The highest BCUT2D eigenvalue weighted by Gasteiger charge is 2.23. The van der Waals surface area contributed by atoms with E-state index in [2.05, 4.69) is 15.5 Å². The molecule has 0 aromatic carbocycles. The SMILES string of the molecule is NC(=O)CC1CCN(C(=O)NCc2ccn[nH]2)CC1. The molecule has 2 rings (SSSR count). The molecule has 0 spiro atoms. The van der Waals surface area contributed by atoms with Crippen LogP contribution in [0.2, 0.25) is 0 Å². The smallest absolute Gasteiger partial charge is 0.317 e. The van der Waals surface area contributed by atoms with Gasteiger partial charge in [0, 0.05) is 25.7 Å². The number of aromatic nitrogens is 2. The van der Waals surface area contributed by atoms with E-state index in [9.17, 15) is 9.59 Å². The number of amides is 3. The Bertz CT molecular complexity index is 423. The number of urea groups is 1. The number of carbonyl (C=O) groups excluding carboxylic acids is 2. The number of rotatable bonds is 4. The third-order valence-electron chi connectivity index (χ3n) is 3.38. The molecule has 7 heteroatoms. The van der Waals surface area contributed by atoms with E-state index in [0.29, 0.717) is 32.0 Å². The average molecular weight is 265 g/mol. The van der Waals surface area contributed by atoms with Crippen molar-refractivity contribution < 1.29 is 9.59 Å². The zero-order chi connectivity index (χ0) is 13.7. The maximum atomic E-state index is 11.9. The quantitative estimate of drug-likeness (QED) is 0.724. The fraction of sp³-hybridized carbons (Fsp3) is 0.583. The number of aromatic amines is 1. The van der Waals surface area contributed by atoms with Gasteiger partial charge < -0.3 is 16.0 Å². The molecule has 7 nitrogen and oxygen atoms in total. The van der Waals surface area contributed by atoms with E-state index in [0.717, 1.165) is 18.5 Å². The molecule has 1 fully saturated rings. The summed E-state index contributed by atoms with van der Waals surface area (Å²) in [4.78, 5) is 24.5. The highest BCUT2D eigenvalue weighted by atomic mass is 16.2. The van der Waals surface area contributed by atoms with Gasteiger partial charge in [-0.05, 0) is 24.8 Å². The van der Waals surface area contributed by atoms with Crippen molar-refractivity contribution >= 4 is 11.9 Å². The van der Waals surface area contributed by atoms with Crippen LogP contribution in [0.25, 0.3) is 0 Å². The largest absolute Gasteiger partial charge is 0.370 e. The molecule has 0 aliphatic carbocycles. The van der Waals surface area contributed by atoms with Gasteiger partial charge in [0.2, 0.25) is 5.91 Å². The van der Waals surface area contributed by atoms with Gasteiger partial charge in [0.05, 0.1) is 12.2 Å². The first kappa shape index (κ1) is 13.4. The zero-order valence-corrected chi connectivity index (χ0v) is 10.8. The van der Waals surface area contributed by atoms with Gasteiger partial charge in [-0.25, -0.2) is 4.79 Å². The number of hydrogen-bond acceptors (Lipinski definition) is 3. The summed E-state index contributed by atoms with van der Waals surface area (Å²) in [5, 5.41) is 9.44. The number of H-pyrrole nitrogens is 1. The lowest BCUT2D eigenvalue weighted by Crippen LogP contribution is -2.44. The van der Waals surface area contributed by atoms with Crippen LogP contribution in [-0.4, -0.2) is 40.1 Å². The van der Waals surface area contributed by atoms with Crippen molar-refractivity contribution in [3.63, 3.8) is 0 Å². The van der Waals surface area contributed by atoms with E-state index < -0.39 is 0 Å². The maximum absolute atomic E-state index is 11.9. The van der Waals surface area contributed by atoms with Gasteiger partial charge in [-0.1, -0.05) is 0 Å². The van der Waals surface area contributed by atoms with Crippen LogP contribution in [0.15, 0.2) is 12.3 Å². The summed E-state index contributed by atoms with van der Waals surface area (Å²) >= 11 is 0. The molecular weight excluding hydrogens is 246 g/mol. The molecule has 1 saturated heterocycles. The Morgan fingerprint density at radius 1 is 1.47 bits per heavy atom. The van der Waals surface area contributed by atoms with Crippen LogP contribution in [0.3, 0.4) is 0 Å². The van der Waals surface area contributed by atoms with Crippen LogP contribution in [0, 0.1) is 5.92 Å². The molecule has 0 bridgehead atoms. The van der Waals surface area contributed by atoms with E-state index in [1.807, 2.05) is 6.07 Å². The number of piperidine rings is 1. The van der Waals surface area contributed by atoms with Gasteiger partial charge in [0.15, 0.2) is 0 Å². The van der Waals surface area contributed by atoms with Crippen LogP contribution >= 0.6 is 0 Å². The molecule has 1 aromatic heterocycles. The Balaban J connectivity index is 1.71. The molecule has 0 atom stereocenters. The van der Waals surface area contributed by atoms with E-state index in [1.54, 1.807) is 11.1 Å². The topological polar surface area (TPSA) is 104 Å². The Morgan fingerprint density at radius 3 is 2.79 bits per heavy atom. The van der Waals surface area contributed by atoms with Gasteiger partial charge in [-0.3, -0.25) is 9.89 Å². The normalized spacial score (nSPS) is 16.3. The van der Waals surface area contributed by atoms with Crippen molar-refractivity contribution in [2.45, 2.75) is 25.8 Å². The summed E-state index contributed by atoms with van der Waals surface area (Å²) < 4.78 is 0. The fourth-order valence-corrected chi connectivity index (χ4v) is 2.29. The van der Waals surface area contributed by atoms with Gasteiger partial charge in [-0.2, -0.15) is 5.10 Å². The lowest BCUT2D eigenvalue weighted by molar-refractivity contribution is -0.119. The van der Waals surface area contributed by atoms with Crippen LogP contribution < -0.4 is 11.1 Å². The minimum absolute atomic E-state index is 0.0767. The Kier molecular flexibility index (Phi) is 4.38. The van der Waals surface area contributed by atoms with Crippen LogP contribution in [0.5, 0.6) is 0 Å². The minimum atomic E-state index is -0.262. The maximum Gasteiger partial charge on any atom is 0.317 e. The van der Waals surface area contributed by atoms with Gasteiger partial charge >= 0.3 is 6.03 Å². The Hall–Kier alpha value is -2.05. The molecule has 19 heavy (non-hydrogen) atoms. The van der Waals surface area contributed by atoms with Crippen molar-refractivity contribution in [1.29, 1.82) is 0 Å². The molecule has 0 radical (unpaired) electrons. The standard InChI is InChI=1S/C12H19N5O2/c13-11(18)7-9-2-5-17(6-3-9)12(19)14-8-10-1-4-15-16-10/h1,4,9H,2-3,5-8H2,(H2,13,18)(H,14,19)(H,15,16). The minimum Gasteiger partial charge on any atom is -0.370 e. The molecule has 0 unspecified atom stereocenters. The first-order valence-electron chi connectivity index (χ1n) is 6.44.